The maximum atomic E-state index is 6.73. The lowest BCUT2D eigenvalue weighted by molar-refractivity contribution is -0.173. The average Bonchev–Trinajstić information content (AvgIpc) is 3.21. The topological polar surface area (TPSA) is 15.7 Å². The molecule has 1 saturated carbocycles. The van der Waals surface area contributed by atoms with Gasteiger partial charge in [-0.15, -0.1) is 0 Å². The number of likely N-dealkylation sites (tertiary alicyclic amines) is 1. The fourth-order valence-corrected chi connectivity index (χ4v) is 4.17. The Labute approximate surface area is 131 Å². The van der Waals surface area contributed by atoms with E-state index in [1.54, 1.807) is 0 Å². The SMILES string of the molecule is CCN1CC2(CCCN(CCC(C)C)CC2)OC2(CC2)C1. The quantitative estimate of drug-likeness (QED) is 0.792. The minimum absolute atomic E-state index is 0.164. The molecule has 0 bridgehead atoms. The third-order valence-electron chi connectivity index (χ3n) is 5.72. The number of nitrogens with zero attached hydrogens (tertiary/aromatic N) is 2. The van der Waals surface area contributed by atoms with E-state index in [1.807, 2.05) is 0 Å². The van der Waals surface area contributed by atoms with Crippen LogP contribution in [0.15, 0.2) is 0 Å². The van der Waals surface area contributed by atoms with Crippen molar-refractivity contribution < 1.29 is 4.74 Å². The van der Waals surface area contributed by atoms with Crippen LogP contribution in [-0.4, -0.2) is 60.3 Å². The molecule has 2 heterocycles. The number of likely N-dealkylation sites (N-methyl/N-ethyl adjacent to an activating group) is 1. The molecule has 21 heavy (non-hydrogen) atoms. The molecule has 122 valence electrons. The van der Waals surface area contributed by atoms with Crippen LogP contribution in [-0.2, 0) is 4.74 Å². The van der Waals surface area contributed by atoms with Crippen LogP contribution in [0.1, 0.15) is 59.3 Å². The standard InChI is InChI=1S/C18H34N2O/c1-4-19-14-17(21-18(15-19)8-9-18)7-5-11-20(13-10-17)12-6-16(2)3/h16H,4-15H2,1-3H3. The highest BCUT2D eigenvalue weighted by Gasteiger charge is 2.54. The molecule has 0 aromatic rings. The van der Waals surface area contributed by atoms with Crippen LogP contribution in [0.4, 0.5) is 0 Å². The van der Waals surface area contributed by atoms with Crippen LogP contribution in [0.3, 0.4) is 0 Å². The van der Waals surface area contributed by atoms with E-state index in [4.69, 9.17) is 4.74 Å². The third kappa shape index (κ3) is 3.80. The third-order valence-corrected chi connectivity index (χ3v) is 5.72. The van der Waals surface area contributed by atoms with Gasteiger partial charge in [-0.1, -0.05) is 20.8 Å². The molecule has 1 atom stereocenters. The monoisotopic (exact) mass is 294 g/mol. The van der Waals surface area contributed by atoms with E-state index >= 15 is 0 Å². The van der Waals surface area contributed by atoms with Crippen LogP contribution in [0, 0.1) is 5.92 Å². The summed E-state index contributed by atoms with van der Waals surface area (Å²) in [6, 6.07) is 0. The smallest absolute Gasteiger partial charge is 0.0829 e. The minimum atomic E-state index is 0.164. The van der Waals surface area contributed by atoms with E-state index < -0.39 is 0 Å². The second kappa shape index (κ2) is 6.17. The van der Waals surface area contributed by atoms with Crippen molar-refractivity contribution in [3.8, 4) is 0 Å². The zero-order valence-electron chi connectivity index (χ0n) is 14.4. The van der Waals surface area contributed by atoms with Gasteiger partial charge in [0, 0.05) is 19.6 Å². The predicted molar refractivity (Wildman–Crippen MR) is 87.6 cm³/mol. The van der Waals surface area contributed by atoms with Gasteiger partial charge in [-0.2, -0.15) is 0 Å². The zero-order chi connectivity index (χ0) is 14.9. The van der Waals surface area contributed by atoms with Crippen molar-refractivity contribution in [2.45, 2.75) is 70.5 Å². The van der Waals surface area contributed by atoms with E-state index in [-0.39, 0.29) is 11.2 Å². The Bertz CT molecular complexity index is 353. The molecule has 0 aromatic heterocycles. The van der Waals surface area contributed by atoms with Crippen molar-refractivity contribution >= 4 is 0 Å². The summed E-state index contributed by atoms with van der Waals surface area (Å²) in [5.41, 5.74) is 0.415. The molecule has 3 fully saturated rings. The second-order valence-electron chi connectivity index (χ2n) is 8.15. The summed E-state index contributed by atoms with van der Waals surface area (Å²) in [5, 5.41) is 0. The first-order valence-electron chi connectivity index (χ1n) is 9.20. The van der Waals surface area contributed by atoms with Crippen molar-refractivity contribution in [3.63, 3.8) is 0 Å². The molecule has 2 aliphatic heterocycles. The lowest BCUT2D eigenvalue weighted by Crippen LogP contribution is -2.57. The van der Waals surface area contributed by atoms with Gasteiger partial charge in [0.2, 0.25) is 0 Å². The Morgan fingerprint density at radius 1 is 0.952 bits per heavy atom. The Kier molecular flexibility index (Phi) is 4.63. The van der Waals surface area contributed by atoms with Gasteiger partial charge in [-0.3, -0.25) is 4.90 Å². The highest BCUT2D eigenvalue weighted by atomic mass is 16.5. The van der Waals surface area contributed by atoms with Crippen molar-refractivity contribution in [2.24, 2.45) is 5.92 Å². The minimum Gasteiger partial charge on any atom is -0.366 e. The van der Waals surface area contributed by atoms with Crippen molar-refractivity contribution in [1.29, 1.82) is 0 Å². The molecule has 2 saturated heterocycles. The number of morpholine rings is 1. The van der Waals surface area contributed by atoms with Gasteiger partial charge in [0.05, 0.1) is 11.2 Å². The van der Waals surface area contributed by atoms with Crippen molar-refractivity contribution in [2.75, 3.05) is 39.3 Å². The van der Waals surface area contributed by atoms with Gasteiger partial charge in [0.25, 0.3) is 0 Å². The van der Waals surface area contributed by atoms with Crippen LogP contribution < -0.4 is 0 Å². The highest BCUT2D eigenvalue weighted by Crippen LogP contribution is 2.48. The summed E-state index contributed by atoms with van der Waals surface area (Å²) in [6.45, 7) is 14.3. The lowest BCUT2D eigenvalue weighted by Gasteiger charge is -2.47. The fourth-order valence-electron chi connectivity index (χ4n) is 4.17. The summed E-state index contributed by atoms with van der Waals surface area (Å²) in [6.07, 6.45) is 7.74. The van der Waals surface area contributed by atoms with Gasteiger partial charge in [0.1, 0.15) is 0 Å². The Morgan fingerprint density at radius 2 is 1.67 bits per heavy atom. The number of hydrogen-bond acceptors (Lipinski definition) is 3. The van der Waals surface area contributed by atoms with E-state index in [2.05, 4.69) is 30.6 Å². The van der Waals surface area contributed by atoms with Crippen molar-refractivity contribution in [3.05, 3.63) is 0 Å². The summed E-state index contributed by atoms with van der Waals surface area (Å²) in [7, 11) is 0. The molecule has 3 nitrogen and oxygen atoms in total. The van der Waals surface area contributed by atoms with E-state index in [9.17, 15) is 0 Å². The highest BCUT2D eigenvalue weighted by molar-refractivity contribution is 5.06. The van der Waals surface area contributed by atoms with Gasteiger partial charge >= 0.3 is 0 Å². The van der Waals surface area contributed by atoms with Crippen LogP contribution in [0.5, 0.6) is 0 Å². The molecule has 0 aromatic carbocycles. The molecule has 1 unspecified atom stereocenters. The largest absolute Gasteiger partial charge is 0.366 e. The molecular weight excluding hydrogens is 260 g/mol. The first-order valence-corrected chi connectivity index (χ1v) is 9.20. The Morgan fingerprint density at radius 3 is 2.29 bits per heavy atom. The molecule has 0 radical (unpaired) electrons. The molecule has 1 aliphatic carbocycles. The maximum Gasteiger partial charge on any atom is 0.0829 e. The summed E-state index contributed by atoms with van der Waals surface area (Å²) in [4.78, 5) is 5.34. The lowest BCUT2D eigenvalue weighted by atomic mass is 9.91. The predicted octanol–water partition coefficient (Wildman–Crippen LogP) is 3.14. The van der Waals surface area contributed by atoms with Gasteiger partial charge in [-0.25, -0.2) is 0 Å². The molecule has 3 aliphatic rings. The Balaban J connectivity index is 1.60. The second-order valence-corrected chi connectivity index (χ2v) is 8.15. The van der Waals surface area contributed by atoms with E-state index in [1.165, 1.54) is 77.8 Å². The maximum absolute atomic E-state index is 6.73. The van der Waals surface area contributed by atoms with E-state index in [0.29, 0.717) is 0 Å². The zero-order valence-corrected chi connectivity index (χ0v) is 14.4. The Hall–Kier alpha value is -0.120. The number of rotatable bonds is 4. The summed E-state index contributed by atoms with van der Waals surface area (Å²) >= 11 is 0. The number of ether oxygens (including phenoxy) is 1. The fraction of sp³-hybridized carbons (Fsp3) is 1.00. The van der Waals surface area contributed by atoms with Crippen molar-refractivity contribution in [1.82, 2.24) is 9.80 Å². The van der Waals surface area contributed by atoms with Crippen LogP contribution >= 0.6 is 0 Å². The van der Waals surface area contributed by atoms with E-state index in [0.717, 1.165) is 5.92 Å². The summed E-state index contributed by atoms with van der Waals surface area (Å²) < 4.78 is 6.73. The number of hydrogen-bond donors (Lipinski definition) is 0. The summed E-state index contributed by atoms with van der Waals surface area (Å²) in [5.74, 6) is 0.818. The first kappa shape index (κ1) is 15.8. The van der Waals surface area contributed by atoms with Crippen LogP contribution in [0.25, 0.3) is 0 Å². The molecule has 3 heteroatoms. The average molecular weight is 294 g/mol. The molecule has 3 rings (SSSR count). The molecule has 0 amide bonds. The van der Waals surface area contributed by atoms with Gasteiger partial charge in [0.15, 0.2) is 0 Å². The molecule has 2 spiro atoms. The van der Waals surface area contributed by atoms with Gasteiger partial charge < -0.3 is 9.64 Å². The van der Waals surface area contributed by atoms with Gasteiger partial charge in [-0.05, 0) is 64.1 Å². The normalized spacial score (nSPS) is 33.7. The molecular formula is C18H34N2O. The first-order chi connectivity index (χ1) is 10.0. The molecule has 0 N–H and O–H groups in total. The van der Waals surface area contributed by atoms with Crippen LogP contribution in [0.2, 0.25) is 0 Å².